The molecule has 2 aromatic heterocycles. The van der Waals surface area contributed by atoms with Crippen molar-refractivity contribution in [2.24, 2.45) is 0 Å². The smallest absolute Gasteiger partial charge is 0.229 e. The number of sulfone groups is 1. The fourth-order valence-electron chi connectivity index (χ4n) is 4.00. The first kappa shape index (κ1) is 29.2. The van der Waals surface area contributed by atoms with E-state index in [1.165, 1.54) is 19.0 Å². The van der Waals surface area contributed by atoms with Crippen LogP contribution in [0.5, 0.6) is 5.75 Å². The highest BCUT2D eigenvalue weighted by atomic mass is 35.5. The molecule has 0 saturated heterocycles. The van der Waals surface area contributed by atoms with E-state index < -0.39 is 15.1 Å². The van der Waals surface area contributed by atoms with Gasteiger partial charge in [0, 0.05) is 23.5 Å². The molecule has 0 spiro atoms. The second kappa shape index (κ2) is 12.3. The fraction of sp³-hybridized carbons (Fsp3) is 0.345. The molecule has 4 aromatic rings. The van der Waals surface area contributed by atoms with Crippen molar-refractivity contribution in [3.05, 3.63) is 64.8 Å². The molecule has 216 valence electrons. The van der Waals surface area contributed by atoms with Gasteiger partial charge >= 0.3 is 0 Å². The molecule has 0 atom stereocenters. The van der Waals surface area contributed by atoms with Gasteiger partial charge in [-0.2, -0.15) is 4.98 Å². The summed E-state index contributed by atoms with van der Waals surface area (Å²) in [6.07, 6.45) is 3.87. The Balaban J connectivity index is 1.39. The monoisotopic (exact) mass is 612 g/mol. The van der Waals surface area contributed by atoms with E-state index >= 15 is 0 Å². The van der Waals surface area contributed by atoms with E-state index in [9.17, 15) is 8.42 Å². The molecule has 3 N–H and O–H groups in total. The Morgan fingerprint density at radius 2 is 1.83 bits per heavy atom. The van der Waals surface area contributed by atoms with E-state index in [0.717, 1.165) is 22.8 Å². The number of nitrogens with one attached hydrogen (secondary N) is 3. The predicted molar refractivity (Wildman–Crippen MR) is 166 cm³/mol. The molecule has 0 bridgehead atoms. The van der Waals surface area contributed by atoms with Gasteiger partial charge in [-0.1, -0.05) is 23.7 Å². The van der Waals surface area contributed by atoms with Crippen molar-refractivity contribution >= 4 is 55.9 Å². The number of hydrogen-bond donors (Lipinski definition) is 3. The Kier molecular flexibility index (Phi) is 8.79. The summed E-state index contributed by atoms with van der Waals surface area (Å²) in [6, 6.07) is 13.2. The molecule has 12 heteroatoms. The maximum atomic E-state index is 12.9. The Morgan fingerprint density at radius 1 is 1.05 bits per heavy atom. The molecule has 0 unspecified atom stereocenters. The molecule has 5 rings (SSSR count). The Hall–Kier alpha value is -3.25. The Bertz CT molecular complexity index is 1640. The molecule has 1 saturated carbocycles. The van der Waals surface area contributed by atoms with E-state index in [4.69, 9.17) is 21.3 Å². The standard InChI is InChI=1S/C29H33ClN6O3S2/c1-17(2)39-25-13-19(28-33-21(16-40-28)14-31-20-10-11-20)9-12-23(25)35-29-32-15-22(30)27(36-29)34-24-7-5-6-8-26(24)41(37,38)18(3)4/h5-9,12-13,15-18,20,31H,10-11,14H2,1-4H3,(H2,32,34,35,36). The number of rotatable bonds is 12. The average Bonchev–Trinajstić information content (AvgIpc) is 3.65. The van der Waals surface area contributed by atoms with Gasteiger partial charge in [-0.05, 0) is 70.9 Å². The number of thiazole rings is 1. The summed E-state index contributed by atoms with van der Waals surface area (Å²) in [5.41, 5.74) is 3.04. The average molecular weight is 613 g/mol. The van der Waals surface area contributed by atoms with Crippen LogP contribution in [0.4, 0.5) is 23.1 Å². The molecule has 0 amide bonds. The van der Waals surface area contributed by atoms with Gasteiger partial charge in [-0.15, -0.1) is 11.3 Å². The van der Waals surface area contributed by atoms with Crippen LogP contribution in [0.1, 0.15) is 46.2 Å². The van der Waals surface area contributed by atoms with Crippen LogP contribution in [-0.4, -0.2) is 40.8 Å². The highest BCUT2D eigenvalue weighted by Crippen LogP contribution is 2.36. The van der Waals surface area contributed by atoms with Gasteiger partial charge in [0.2, 0.25) is 5.95 Å². The molecule has 2 heterocycles. The van der Waals surface area contributed by atoms with Gasteiger partial charge in [-0.3, -0.25) is 0 Å². The van der Waals surface area contributed by atoms with Crippen molar-refractivity contribution in [1.29, 1.82) is 0 Å². The maximum Gasteiger partial charge on any atom is 0.229 e. The minimum absolute atomic E-state index is 0.0665. The van der Waals surface area contributed by atoms with Gasteiger partial charge in [0.15, 0.2) is 15.7 Å². The topological polar surface area (TPSA) is 118 Å². The molecule has 1 aliphatic carbocycles. The molecule has 1 aliphatic rings. The van der Waals surface area contributed by atoms with Gasteiger partial charge in [0.1, 0.15) is 15.8 Å². The second-order valence-corrected chi connectivity index (χ2v) is 14.1. The molecule has 2 aromatic carbocycles. The molecule has 0 radical (unpaired) electrons. The van der Waals surface area contributed by atoms with Crippen LogP contribution in [0.25, 0.3) is 10.6 Å². The number of nitrogens with zero attached hydrogens (tertiary/aromatic N) is 3. The third-order valence-corrected chi connectivity index (χ3v) is 9.78. The second-order valence-electron chi connectivity index (χ2n) is 10.4. The van der Waals surface area contributed by atoms with Crippen LogP contribution < -0.4 is 20.7 Å². The first-order chi connectivity index (χ1) is 19.6. The molecule has 9 nitrogen and oxygen atoms in total. The van der Waals surface area contributed by atoms with Crippen LogP contribution in [0, 0.1) is 0 Å². The SMILES string of the molecule is CC(C)Oc1cc(-c2nc(CNC3CC3)cs2)ccc1Nc1ncc(Cl)c(Nc2ccccc2S(=O)(=O)C(C)C)n1. The van der Waals surface area contributed by atoms with Crippen LogP contribution in [0.15, 0.2) is 58.9 Å². The Morgan fingerprint density at radius 3 is 2.56 bits per heavy atom. The van der Waals surface area contributed by atoms with Crippen molar-refractivity contribution < 1.29 is 13.2 Å². The number of anilines is 4. The third-order valence-electron chi connectivity index (χ3n) is 6.35. The lowest BCUT2D eigenvalue weighted by atomic mass is 10.2. The van der Waals surface area contributed by atoms with E-state index in [2.05, 4.69) is 31.3 Å². The van der Waals surface area contributed by atoms with Crippen LogP contribution in [0.3, 0.4) is 0 Å². The van der Waals surface area contributed by atoms with Crippen LogP contribution in [0.2, 0.25) is 5.02 Å². The van der Waals surface area contributed by atoms with Crippen LogP contribution in [-0.2, 0) is 16.4 Å². The largest absolute Gasteiger partial charge is 0.489 e. The summed E-state index contributed by atoms with van der Waals surface area (Å²) in [7, 11) is -3.54. The zero-order valence-corrected chi connectivity index (χ0v) is 25.7. The van der Waals surface area contributed by atoms with Crippen molar-refractivity contribution in [3.63, 3.8) is 0 Å². The number of para-hydroxylation sites is 1. The molecule has 1 fully saturated rings. The molecule has 41 heavy (non-hydrogen) atoms. The van der Waals surface area contributed by atoms with Crippen LogP contribution >= 0.6 is 22.9 Å². The predicted octanol–water partition coefficient (Wildman–Crippen LogP) is 6.96. The molecule has 0 aliphatic heterocycles. The van der Waals surface area contributed by atoms with Crippen molar-refractivity contribution in [3.8, 4) is 16.3 Å². The zero-order valence-electron chi connectivity index (χ0n) is 23.3. The van der Waals surface area contributed by atoms with Gasteiger partial charge in [-0.25, -0.2) is 18.4 Å². The minimum Gasteiger partial charge on any atom is -0.489 e. The summed E-state index contributed by atoms with van der Waals surface area (Å²) < 4.78 is 32.0. The zero-order chi connectivity index (χ0) is 29.1. The first-order valence-corrected chi connectivity index (χ1v) is 16.3. The first-order valence-electron chi connectivity index (χ1n) is 13.5. The van der Waals surface area contributed by atoms with Gasteiger partial charge < -0.3 is 20.7 Å². The summed E-state index contributed by atoms with van der Waals surface area (Å²) in [4.78, 5) is 13.9. The summed E-state index contributed by atoms with van der Waals surface area (Å²) in [5.74, 6) is 1.17. The summed E-state index contributed by atoms with van der Waals surface area (Å²) in [5, 5.41) is 12.5. The van der Waals surface area contributed by atoms with Gasteiger partial charge in [0.25, 0.3) is 0 Å². The maximum absolute atomic E-state index is 12.9. The van der Waals surface area contributed by atoms with Crippen molar-refractivity contribution in [1.82, 2.24) is 20.3 Å². The van der Waals surface area contributed by atoms with Crippen molar-refractivity contribution in [2.75, 3.05) is 10.6 Å². The summed E-state index contributed by atoms with van der Waals surface area (Å²) >= 11 is 8.02. The van der Waals surface area contributed by atoms with E-state index in [0.29, 0.717) is 23.2 Å². The fourth-order valence-corrected chi connectivity index (χ4v) is 6.16. The quantitative estimate of drug-likeness (QED) is 0.156. The van der Waals surface area contributed by atoms with Gasteiger partial charge in [0.05, 0.1) is 39.5 Å². The van der Waals surface area contributed by atoms with Crippen molar-refractivity contribution in [2.45, 2.75) is 69.4 Å². The molecular formula is C29H33ClN6O3S2. The Labute approximate surface area is 249 Å². The molecular weight excluding hydrogens is 580 g/mol. The highest BCUT2D eigenvalue weighted by molar-refractivity contribution is 7.92. The van der Waals surface area contributed by atoms with E-state index in [1.807, 2.05) is 32.0 Å². The summed E-state index contributed by atoms with van der Waals surface area (Å²) in [6.45, 7) is 7.99. The number of aromatic nitrogens is 3. The number of benzene rings is 2. The lowest BCUT2D eigenvalue weighted by Crippen LogP contribution is -2.15. The highest BCUT2D eigenvalue weighted by Gasteiger charge is 2.23. The normalized spacial score (nSPS) is 13.5. The third kappa shape index (κ3) is 7.16. The minimum atomic E-state index is -3.54. The number of hydrogen-bond acceptors (Lipinski definition) is 10. The lowest BCUT2D eigenvalue weighted by Gasteiger charge is -2.17. The van der Waals surface area contributed by atoms with E-state index in [1.54, 1.807) is 49.4 Å². The number of halogens is 1. The lowest BCUT2D eigenvalue weighted by molar-refractivity contribution is 0.244. The number of ether oxygens (including phenoxy) is 1. The van der Waals surface area contributed by atoms with E-state index in [-0.39, 0.29) is 27.8 Å².